The lowest BCUT2D eigenvalue weighted by molar-refractivity contribution is 0.585. The summed E-state index contributed by atoms with van der Waals surface area (Å²) in [6.45, 7) is 7.80. The molecular formula is C19H23FN2. The number of rotatable bonds is 2. The number of anilines is 1. The summed E-state index contributed by atoms with van der Waals surface area (Å²) in [6, 6.07) is 13.5. The van der Waals surface area contributed by atoms with Crippen molar-refractivity contribution in [1.82, 2.24) is 0 Å². The van der Waals surface area contributed by atoms with Crippen LogP contribution in [0.3, 0.4) is 0 Å². The summed E-state index contributed by atoms with van der Waals surface area (Å²) in [5, 5.41) is 0. The molecular weight excluding hydrogens is 275 g/mol. The number of benzene rings is 2. The topological polar surface area (TPSA) is 29.3 Å². The minimum absolute atomic E-state index is 0.0363. The van der Waals surface area contributed by atoms with Crippen molar-refractivity contribution in [2.24, 2.45) is 5.73 Å². The average Bonchev–Trinajstić information content (AvgIpc) is 2.84. The summed E-state index contributed by atoms with van der Waals surface area (Å²) < 4.78 is 14.2. The number of nitrogens with two attached hydrogens (primary N) is 1. The van der Waals surface area contributed by atoms with Gasteiger partial charge < -0.3 is 10.6 Å². The fourth-order valence-electron chi connectivity index (χ4n) is 3.17. The smallest absolute Gasteiger partial charge is 0.146 e. The molecule has 2 N–H and O–H groups in total. The van der Waals surface area contributed by atoms with E-state index in [0.29, 0.717) is 18.8 Å². The second kappa shape index (κ2) is 5.40. The van der Waals surface area contributed by atoms with Crippen LogP contribution in [0.25, 0.3) is 0 Å². The highest BCUT2D eigenvalue weighted by Gasteiger charge is 2.31. The van der Waals surface area contributed by atoms with Gasteiger partial charge in [0.05, 0.1) is 11.7 Å². The van der Waals surface area contributed by atoms with Crippen LogP contribution in [0.5, 0.6) is 0 Å². The molecule has 0 amide bonds. The summed E-state index contributed by atoms with van der Waals surface area (Å²) in [5.74, 6) is -0.190. The number of nitrogens with zero attached hydrogens (tertiary/aromatic N) is 1. The van der Waals surface area contributed by atoms with Gasteiger partial charge >= 0.3 is 0 Å². The highest BCUT2D eigenvalue weighted by Crippen LogP contribution is 2.39. The first-order valence-corrected chi connectivity index (χ1v) is 7.76. The van der Waals surface area contributed by atoms with Crippen LogP contribution in [0.15, 0.2) is 42.5 Å². The Kier molecular flexibility index (Phi) is 3.69. The van der Waals surface area contributed by atoms with Crippen molar-refractivity contribution in [2.75, 3.05) is 11.4 Å². The van der Waals surface area contributed by atoms with Gasteiger partial charge in [-0.05, 0) is 34.2 Å². The van der Waals surface area contributed by atoms with E-state index in [1.807, 2.05) is 12.1 Å². The molecule has 0 bridgehead atoms. The molecule has 1 aliphatic rings. The van der Waals surface area contributed by atoms with Crippen molar-refractivity contribution in [1.29, 1.82) is 0 Å². The maximum atomic E-state index is 14.2. The number of para-hydroxylation sites is 1. The summed E-state index contributed by atoms with van der Waals surface area (Å²) >= 11 is 0. The standard InChI is InChI=1S/C19H23FN2/c1-19(2,3)14-9-8-13-12-22(18(11-21)15(13)10-14)17-7-5-4-6-16(17)20/h4-10,18H,11-12,21H2,1-3H3. The molecule has 3 heteroatoms. The zero-order valence-electron chi connectivity index (χ0n) is 13.4. The van der Waals surface area contributed by atoms with Gasteiger partial charge in [0.25, 0.3) is 0 Å². The van der Waals surface area contributed by atoms with Crippen LogP contribution in [0, 0.1) is 5.82 Å². The van der Waals surface area contributed by atoms with Crippen LogP contribution >= 0.6 is 0 Å². The highest BCUT2D eigenvalue weighted by atomic mass is 19.1. The van der Waals surface area contributed by atoms with Crippen LogP contribution in [-0.2, 0) is 12.0 Å². The summed E-state index contributed by atoms with van der Waals surface area (Å²) in [4.78, 5) is 2.08. The van der Waals surface area contributed by atoms with E-state index in [0.717, 1.165) is 0 Å². The van der Waals surface area contributed by atoms with Crippen molar-refractivity contribution >= 4 is 5.69 Å². The maximum absolute atomic E-state index is 14.2. The first kappa shape index (κ1) is 15.0. The van der Waals surface area contributed by atoms with E-state index in [1.54, 1.807) is 6.07 Å². The minimum Gasteiger partial charge on any atom is -0.356 e. The van der Waals surface area contributed by atoms with Crippen molar-refractivity contribution in [2.45, 2.75) is 38.8 Å². The van der Waals surface area contributed by atoms with Gasteiger partial charge in [0.2, 0.25) is 0 Å². The zero-order chi connectivity index (χ0) is 15.9. The Morgan fingerprint density at radius 1 is 1.18 bits per heavy atom. The summed E-state index contributed by atoms with van der Waals surface area (Å²) in [5.41, 5.74) is 10.5. The molecule has 116 valence electrons. The minimum atomic E-state index is -0.190. The molecule has 2 aromatic rings. The lowest BCUT2D eigenvalue weighted by atomic mass is 9.85. The molecule has 2 aromatic carbocycles. The van der Waals surface area contributed by atoms with Crippen molar-refractivity contribution < 1.29 is 4.39 Å². The Morgan fingerprint density at radius 3 is 2.55 bits per heavy atom. The molecule has 22 heavy (non-hydrogen) atoms. The van der Waals surface area contributed by atoms with Crippen LogP contribution in [0.4, 0.5) is 10.1 Å². The van der Waals surface area contributed by atoms with Gasteiger partial charge in [0, 0.05) is 13.1 Å². The second-order valence-electron chi connectivity index (χ2n) is 6.99. The Balaban J connectivity index is 2.03. The Bertz CT molecular complexity index is 688. The molecule has 2 nitrogen and oxygen atoms in total. The van der Waals surface area contributed by atoms with Gasteiger partial charge in [0.1, 0.15) is 5.82 Å². The van der Waals surface area contributed by atoms with E-state index < -0.39 is 0 Å². The molecule has 0 fully saturated rings. The average molecular weight is 298 g/mol. The molecule has 1 atom stereocenters. The van der Waals surface area contributed by atoms with E-state index in [1.165, 1.54) is 22.8 Å². The Hall–Kier alpha value is -1.87. The molecule has 0 spiro atoms. The van der Waals surface area contributed by atoms with Crippen LogP contribution < -0.4 is 10.6 Å². The van der Waals surface area contributed by atoms with E-state index >= 15 is 0 Å². The monoisotopic (exact) mass is 298 g/mol. The van der Waals surface area contributed by atoms with Gasteiger partial charge in [0.15, 0.2) is 0 Å². The second-order valence-corrected chi connectivity index (χ2v) is 6.99. The highest BCUT2D eigenvalue weighted by molar-refractivity contribution is 5.56. The lowest BCUT2D eigenvalue weighted by Crippen LogP contribution is -2.28. The van der Waals surface area contributed by atoms with Gasteiger partial charge in [-0.15, -0.1) is 0 Å². The van der Waals surface area contributed by atoms with E-state index in [9.17, 15) is 4.39 Å². The largest absolute Gasteiger partial charge is 0.356 e. The SMILES string of the molecule is CC(C)(C)c1ccc2c(c1)C(CN)N(c1ccccc1F)C2. The van der Waals surface area contributed by atoms with Gasteiger partial charge in [-0.1, -0.05) is 51.1 Å². The number of halogens is 1. The third kappa shape index (κ3) is 2.50. The third-order valence-corrected chi connectivity index (χ3v) is 4.47. The normalized spacial score (nSPS) is 17.7. The lowest BCUT2D eigenvalue weighted by Gasteiger charge is -2.27. The van der Waals surface area contributed by atoms with Crippen molar-refractivity contribution in [3.8, 4) is 0 Å². The molecule has 0 saturated heterocycles. The maximum Gasteiger partial charge on any atom is 0.146 e. The van der Waals surface area contributed by atoms with Gasteiger partial charge in [-0.25, -0.2) is 4.39 Å². The van der Waals surface area contributed by atoms with E-state index in [-0.39, 0.29) is 17.3 Å². The van der Waals surface area contributed by atoms with Crippen LogP contribution in [0.2, 0.25) is 0 Å². The van der Waals surface area contributed by atoms with E-state index in [2.05, 4.69) is 43.9 Å². The number of fused-ring (bicyclic) bond motifs is 1. The van der Waals surface area contributed by atoms with Crippen molar-refractivity contribution in [3.05, 3.63) is 65.0 Å². The molecule has 1 aliphatic heterocycles. The first-order chi connectivity index (χ1) is 10.4. The number of hydrogen-bond donors (Lipinski definition) is 1. The molecule has 0 saturated carbocycles. The molecule has 0 aromatic heterocycles. The van der Waals surface area contributed by atoms with Crippen LogP contribution in [0.1, 0.15) is 43.5 Å². The fourth-order valence-corrected chi connectivity index (χ4v) is 3.17. The predicted molar refractivity (Wildman–Crippen MR) is 89.5 cm³/mol. The Labute approximate surface area is 131 Å². The molecule has 0 aliphatic carbocycles. The molecule has 3 rings (SSSR count). The van der Waals surface area contributed by atoms with E-state index in [4.69, 9.17) is 5.73 Å². The molecule has 1 heterocycles. The third-order valence-electron chi connectivity index (χ3n) is 4.47. The zero-order valence-corrected chi connectivity index (χ0v) is 13.4. The number of hydrogen-bond acceptors (Lipinski definition) is 2. The van der Waals surface area contributed by atoms with Crippen LogP contribution in [-0.4, -0.2) is 6.54 Å². The predicted octanol–water partition coefficient (Wildman–Crippen LogP) is 4.14. The first-order valence-electron chi connectivity index (χ1n) is 7.76. The molecule has 1 unspecified atom stereocenters. The summed E-state index contributed by atoms with van der Waals surface area (Å²) in [7, 11) is 0. The summed E-state index contributed by atoms with van der Waals surface area (Å²) in [6.07, 6.45) is 0. The molecule has 0 radical (unpaired) electrons. The van der Waals surface area contributed by atoms with Gasteiger partial charge in [-0.3, -0.25) is 0 Å². The van der Waals surface area contributed by atoms with Gasteiger partial charge in [-0.2, -0.15) is 0 Å². The quantitative estimate of drug-likeness (QED) is 0.902. The van der Waals surface area contributed by atoms with Crippen molar-refractivity contribution in [3.63, 3.8) is 0 Å². The fraction of sp³-hybridized carbons (Fsp3) is 0.368. The Morgan fingerprint density at radius 2 is 1.91 bits per heavy atom.